The number of H-pyrrole nitrogens is 1. The number of benzene rings is 2. The summed E-state index contributed by atoms with van der Waals surface area (Å²) in [6.07, 6.45) is 1.65. The number of halogens is 1. The number of rotatable bonds is 4. The van der Waals surface area contributed by atoms with Crippen LogP contribution < -0.4 is 5.32 Å². The van der Waals surface area contributed by atoms with Gasteiger partial charge in [0.05, 0.1) is 26.6 Å². The molecule has 0 amide bonds. The number of nitrogens with zero attached hydrogens (tertiary/aromatic N) is 2. The van der Waals surface area contributed by atoms with Crippen LogP contribution in [0, 0.1) is 5.95 Å². The van der Waals surface area contributed by atoms with Crippen molar-refractivity contribution in [2.45, 2.75) is 24.0 Å². The molecule has 0 saturated carbocycles. The summed E-state index contributed by atoms with van der Waals surface area (Å²) in [5, 5.41) is 10.1. The van der Waals surface area contributed by atoms with E-state index in [1.54, 1.807) is 62.5 Å². The minimum absolute atomic E-state index is 0.255. The van der Waals surface area contributed by atoms with Gasteiger partial charge in [0.25, 0.3) is 0 Å². The van der Waals surface area contributed by atoms with Crippen LogP contribution in [0.4, 0.5) is 15.8 Å². The van der Waals surface area contributed by atoms with Crippen LogP contribution in [0.1, 0.15) is 13.8 Å². The van der Waals surface area contributed by atoms with E-state index in [4.69, 9.17) is 0 Å². The van der Waals surface area contributed by atoms with Crippen LogP contribution in [0.2, 0.25) is 0 Å². The number of pyridine rings is 1. The van der Waals surface area contributed by atoms with E-state index < -0.39 is 21.0 Å². The van der Waals surface area contributed by atoms with E-state index in [0.29, 0.717) is 33.2 Å². The summed E-state index contributed by atoms with van der Waals surface area (Å²) in [4.78, 5) is 4.56. The molecule has 2 N–H and O–H groups in total. The largest absolute Gasteiger partial charge is 0.355 e. The first-order chi connectivity index (χ1) is 12.9. The minimum atomic E-state index is -3.40. The number of aromatic nitrogens is 3. The van der Waals surface area contributed by atoms with Crippen molar-refractivity contribution in [3.05, 3.63) is 54.6 Å². The third kappa shape index (κ3) is 3.02. The lowest BCUT2D eigenvalue weighted by Gasteiger charge is -2.12. The van der Waals surface area contributed by atoms with E-state index in [2.05, 4.69) is 20.5 Å². The van der Waals surface area contributed by atoms with Crippen molar-refractivity contribution in [3.63, 3.8) is 0 Å². The quantitative estimate of drug-likeness (QED) is 0.551. The molecule has 0 aliphatic heterocycles. The fraction of sp³-hybridized carbons (Fsp3) is 0.158. The fourth-order valence-corrected chi connectivity index (χ4v) is 3.98. The molecule has 4 aromatic rings. The van der Waals surface area contributed by atoms with Crippen LogP contribution in [-0.4, -0.2) is 28.8 Å². The number of anilines is 2. The molecule has 2 aromatic carbocycles. The van der Waals surface area contributed by atoms with Gasteiger partial charge in [-0.2, -0.15) is 9.49 Å². The van der Waals surface area contributed by atoms with Gasteiger partial charge in [-0.3, -0.25) is 10.1 Å². The van der Waals surface area contributed by atoms with Crippen molar-refractivity contribution in [3.8, 4) is 0 Å². The number of aromatic amines is 1. The Balaban J connectivity index is 1.80. The van der Waals surface area contributed by atoms with Crippen LogP contribution in [0.15, 0.2) is 53.6 Å². The van der Waals surface area contributed by atoms with Crippen molar-refractivity contribution < 1.29 is 12.8 Å². The maximum absolute atomic E-state index is 13.5. The molecule has 4 rings (SSSR count). The number of hydrogen-bond acceptors (Lipinski definition) is 5. The Labute approximate surface area is 155 Å². The Morgan fingerprint density at radius 2 is 1.85 bits per heavy atom. The summed E-state index contributed by atoms with van der Waals surface area (Å²) >= 11 is 0. The molecule has 2 aromatic heterocycles. The number of fused-ring (bicyclic) bond motifs is 2. The fourth-order valence-electron chi connectivity index (χ4n) is 2.90. The molecule has 0 aliphatic carbocycles. The number of hydrogen-bond donors (Lipinski definition) is 2. The Kier molecular flexibility index (Phi) is 4.07. The van der Waals surface area contributed by atoms with E-state index in [-0.39, 0.29) is 4.90 Å². The number of nitrogens with one attached hydrogen (secondary N) is 2. The standard InChI is InChI=1S/C19H17FN4O2S/c1-11(2)27(25,26)13-4-6-16-15(10-13)17(7-8-21-16)22-12-3-5-14-18(9-12)23-24-19(14)20/h3-11H,1-2H3,(H,21,22)(H,23,24). The van der Waals surface area contributed by atoms with Gasteiger partial charge in [0.1, 0.15) is 0 Å². The van der Waals surface area contributed by atoms with E-state index in [0.717, 1.165) is 0 Å². The average molecular weight is 384 g/mol. The highest BCUT2D eigenvalue weighted by Gasteiger charge is 2.20. The predicted octanol–water partition coefficient (Wildman–Crippen LogP) is 4.18. The van der Waals surface area contributed by atoms with E-state index in [1.165, 1.54) is 0 Å². The normalized spacial score (nSPS) is 12.1. The SMILES string of the molecule is CC(C)S(=O)(=O)c1ccc2nccc(Nc3ccc4c(F)[nH]nc4c3)c2c1. The highest BCUT2D eigenvalue weighted by molar-refractivity contribution is 7.92. The first-order valence-corrected chi connectivity index (χ1v) is 9.94. The van der Waals surface area contributed by atoms with Crippen LogP contribution in [0.5, 0.6) is 0 Å². The monoisotopic (exact) mass is 384 g/mol. The van der Waals surface area contributed by atoms with Gasteiger partial charge >= 0.3 is 0 Å². The van der Waals surface area contributed by atoms with Gasteiger partial charge in [0, 0.05) is 23.0 Å². The first kappa shape index (κ1) is 17.4. The molecule has 2 heterocycles. The molecule has 0 unspecified atom stereocenters. The second-order valence-corrected chi connectivity index (χ2v) is 9.03. The van der Waals surface area contributed by atoms with Gasteiger partial charge in [-0.05, 0) is 56.3 Å². The maximum atomic E-state index is 13.5. The van der Waals surface area contributed by atoms with Gasteiger partial charge in [-0.15, -0.1) is 0 Å². The molecule has 0 atom stereocenters. The van der Waals surface area contributed by atoms with Crippen molar-refractivity contribution in [1.29, 1.82) is 0 Å². The van der Waals surface area contributed by atoms with Gasteiger partial charge in [-0.25, -0.2) is 8.42 Å². The summed E-state index contributed by atoms with van der Waals surface area (Å²) in [5.74, 6) is -0.477. The van der Waals surface area contributed by atoms with E-state index in [9.17, 15) is 12.8 Å². The van der Waals surface area contributed by atoms with Gasteiger partial charge in [0.15, 0.2) is 9.84 Å². The van der Waals surface area contributed by atoms with Crippen LogP contribution in [0.3, 0.4) is 0 Å². The first-order valence-electron chi connectivity index (χ1n) is 8.39. The Bertz CT molecular complexity index is 1270. The van der Waals surface area contributed by atoms with Gasteiger partial charge in [0.2, 0.25) is 5.95 Å². The Hall–Kier alpha value is -3.00. The molecular weight excluding hydrogens is 367 g/mol. The Morgan fingerprint density at radius 1 is 1.04 bits per heavy atom. The minimum Gasteiger partial charge on any atom is -0.355 e. The van der Waals surface area contributed by atoms with Crippen molar-refractivity contribution in [2.24, 2.45) is 0 Å². The molecule has 27 heavy (non-hydrogen) atoms. The molecular formula is C19H17FN4O2S. The second kappa shape index (κ2) is 6.31. The third-order valence-electron chi connectivity index (χ3n) is 4.45. The summed E-state index contributed by atoms with van der Waals surface area (Å²) in [5.41, 5.74) is 2.59. The van der Waals surface area contributed by atoms with Gasteiger partial charge in [-0.1, -0.05) is 0 Å². The van der Waals surface area contributed by atoms with Crippen LogP contribution >= 0.6 is 0 Å². The van der Waals surface area contributed by atoms with Crippen molar-refractivity contribution in [2.75, 3.05) is 5.32 Å². The molecule has 0 aliphatic rings. The topological polar surface area (TPSA) is 87.7 Å². The molecule has 0 bridgehead atoms. The lowest BCUT2D eigenvalue weighted by Crippen LogP contribution is -2.13. The zero-order valence-corrected chi connectivity index (χ0v) is 15.5. The molecule has 138 valence electrons. The predicted molar refractivity (Wildman–Crippen MR) is 103 cm³/mol. The van der Waals surface area contributed by atoms with E-state index >= 15 is 0 Å². The van der Waals surface area contributed by atoms with Crippen molar-refractivity contribution >= 4 is 43.0 Å². The van der Waals surface area contributed by atoms with Crippen LogP contribution in [0.25, 0.3) is 21.8 Å². The summed E-state index contributed by atoms with van der Waals surface area (Å²) in [6, 6.07) is 11.8. The molecule has 6 nitrogen and oxygen atoms in total. The lowest BCUT2D eigenvalue weighted by atomic mass is 10.1. The van der Waals surface area contributed by atoms with Crippen LogP contribution in [-0.2, 0) is 9.84 Å². The zero-order valence-electron chi connectivity index (χ0n) is 14.7. The third-order valence-corrected chi connectivity index (χ3v) is 6.60. The molecule has 0 spiro atoms. The van der Waals surface area contributed by atoms with E-state index in [1.807, 2.05) is 0 Å². The smallest absolute Gasteiger partial charge is 0.216 e. The maximum Gasteiger partial charge on any atom is 0.216 e. The zero-order chi connectivity index (χ0) is 19.2. The van der Waals surface area contributed by atoms with Gasteiger partial charge < -0.3 is 5.32 Å². The molecule has 8 heteroatoms. The molecule has 0 fully saturated rings. The highest BCUT2D eigenvalue weighted by atomic mass is 32.2. The second-order valence-electron chi connectivity index (χ2n) is 6.53. The molecule has 0 saturated heterocycles. The number of sulfone groups is 1. The molecule has 0 radical (unpaired) electrons. The lowest BCUT2D eigenvalue weighted by molar-refractivity contribution is 0.587. The summed E-state index contributed by atoms with van der Waals surface area (Å²) in [6.45, 7) is 3.31. The highest BCUT2D eigenvalue weighted by Crippen LogP contribution is 2.29. The summed E-state index contributed by atoms with van der Waals surface area (Å²) in [7, 11) is -3.40. The average Bonchev–Trinajstić information content (AvgIpc) is 3.02. The summed E-state index contributed by atoms with van der Waals surface area (Å²) < 4.78 is 38.5. The van der Waals surface area contributed by atoms with Crippen molar-refractivity contribution in [1.82, 2.24) is 15.2 Å². The Morgan fingerprint density at radius 3 is 2.63 bits per heavy atom.